The summed E-state index contributed by atoms with van der Waals surface area (Å²) in [5.74, 6) is -0.256. The van der Waals surface area contributed by atoms with Crippen molar-refractivity contribution >= 4 is 12.1 Å². The highest BCUT2D eigenvalue weighted by Gasteiger charge is 2.42. The van der Waals surface area contributed by atoms with Crippen molar-refractivity contribution in [3.63, 3.8) is 0 Å². The van der Waals surface area contributed by atoms with Crippen LogP contribution < -0.4 is 0 Å². The molecule has 6 nitrogen and oxygen atoms in total. The summed E-state index contributed by atoms with van der Waals surface area (Å²) in [6.45, 7) is 11.1. The van der Waals surface area contributed by atoms with Crippen molar-refractivity contribution in [1.29, 1.82) is 0 Å². The Bertz CT molecular complexity index is 697. The van der Waals surface area contributed by atoms with E-state index >= 15 is 0 Å². The number of esters is 1. The minimum atomic E-state index is -0.644. The molecule has 2 aliphatic rings. The van der Waals surface area contributed by atoms with Crippen LogP contribution in [0, 0.1) is 0 Å². The summed E-state index contributed by atoms with van der Waals surface area (Å²) in [5.41, 5.74) is 0.464. The smallest absolute Gasteiger partial charge is 0.410 e. The average molecular weight is 360 g/mol. The molecule has 3 rings (SSSR count). The fourth-order valence-corrected chi connectivity index (χ4v) is 3.62. The standard InChI is InChI=1S/C20H28N2O4/c1-19(2,3)26-18(24)22-11-7-10-21(12-13-22)14-20(4)16-9-6-5-8-15(16)17(23)25-20/h5-6,8-9H,7,10-14H2,1-4H3. The van der Waals surface area contributed by atoms with Crippen LogP contribution in [0.2, 0.25) is 0 Å². The summed E-state index contributed by atoms with van der Waals surface area (Å²) in [6, 6.07) is 7.57. The van der Waals surface area contributed by atoms with E-state index in [0.717, 1.165) is 25.1 Å². The SMILES string of the molecule is CC(C)(C)OC(=O)N1CCCN(CC2(C)OC(=O)c3ccccc32)CC1. The summed E-state index contributed by atoms with van der Waals surface area (Å²) in [6.07, 6.45) is 0.605. The predicted molar refractivity (Wildman–Crippen MR) is 98.1 cm³/mol. The van der Waals surface area contributed by atoms with Gasteiger partial charge in [-0.05, 0) is 40.2 Å². The lowest BCUT2D eigenvalue weighted by molar-refractivity contribution is -0.0160. The Labute approximate surface area is 155 Å². The minimum Gasteiger partial charge on any atom is -0.449 e. The molecule has 26 heavy (non-hydrogen) atoms. The third-order valence-corrected chi connectivity index (χ3v) is 4.80. The van der Waals surface area contributed by atoms with Gasteiger partial charge in [-0.15, -0.1) is 0 Å². The number of rotatable bonds is 2. The third kappa shape index (κ3) is 4.01. The molecule has 1 amide bonds. The Balaban J connectivity index is 1.64. The van der Waals surface area contributed by atoms with Gasteiger partial charge >= 0.3 is 12.1 Å². The molecule has 2 aliphatic heterocycles. The normalized spacial score (nSPS) is 24.0. The second-order valence-electron chi connectivity index (χ2n) is 8.26. The Morgan fingerprint density at radius 2 is 1.92 bits per heavy atom. The van der Waals surface area contributed by atoms with Crippen LogP contribution in [-0.4, -0.2) is 60.2 Å². The van der Waals surface area contributed by atoms with E-state index in [2.05, 4.69) is 4.90 Å². The number of cyclic esters (lactones) is 1. The lowest BCUT2D eigenvalue weighted by Crippen LogP contribution is -2.42. The Morgan fingerprint density at radius 3 is 2.65 bits per heavy atom. The number of hydrogen-bond acceptors (Lipinski definition) is 5. The molecule has 0 bridgehead atoms. The first-order valence-electron chi connectivity index (χ1n) is 9.21. The zero-order chi connectivity index (χ0) is 18.9. The van der Waals surface area contributed by atoms with Crippen molar-refractivity contribution in [2.75, 3.05) is 32.7 Å². The maximum absolute atomic E-state index is 12.3. The molecule has 0 saturated carbocycles. The number of fused-ring (bicyclic) bond motifs is 1. The molecular formula is C20H28N2O4. The quantitative estimate of drug-likeness (QED) is 0.759. The molecule has 0 aromatic heterocycles. The predicted octanol–water partition coefficient (Wildman–Crippen LogP) is 3.02. The zero-order valence-electron chi connectivity index (χ0n) is 16.1. The van der Waals surface area contributed by atoms with Gasteiger partial charge in [0.25, 0.3) is 0 Å². The summed E-state index contributed by atoms with van der Waals surface area (Å²) < 4.78 is 11.2. The molecule has 6 heteroatoms. The first-order valence-corrected chi connectivity index (χ1v) is 9.21. The van der Waals surface area contributed by atoms with E-state index in [4.69, 9.17) is 9.47 Å². The molecule has 142 valence electrons. The fraction of sp³-hybridized carbons (Fsp3) is 0.600. The van der Waals surface area contributed by atoms with Gasteiger partial charge in [0, 0.05) is 38.3 Å². The summed E-state index contributed by atoms with van der Waals surface area (Å²) in [4.78, 5) is 28.5. The Kier molecular flexibility index (Phi) is 4.97. The topological polar surface area (TPSA) is 59.1 Å². The number of hydrogen-bond donors (Lipinski definition) is 0. The van der Waals surface area contributed by atoms with E-state index < -0.39 is 11.2 Å². The molecule has 0 spiro atoms. The molecule has 1 aromatic carbocycles. The van der Waals surface area contributed by atoms with Crippen LogP contribution in [0.5, 0.6) is 0 Å². The summed E-state index contributed by atoms with van der Waals surface area (Å²) >= 11 is 0. The summed E-state index contributed by atoms with van der Waals surface area (Å²) in [7, 11) is 0. The van der Waals surface area contributed by atoms with E-state index in [1.54, 1.807) is 4.90 Å². The van der Waals surface area contributed by atoms with Crippen LogP contribution >= 0.6 is 0 Å². The molecule has 1 atom stereocenters. The lowest BCUT2D eigenvalue weighted by atomic mass is 9.93. The van der Waals surface area contributed by atoms with Crippen LogP contribution in [-0.2, 0) is 15.1 Å². The molecular weight excluding hydrogens is 332 g/mol. The van der Waals surface area contributed by atoms with Gasteiger partial charge in [-0.1, -0.05) is 18.2 Å². The molecule has 2 heterocycles. The van der Waals surface area contributed by atoms with Crippen LogP contribution in [0.25, 0.3) is 0 Å². The van der Waals surface area contributed by atoms with E-state index in [1.807, 2.05) is 52.0 Å². The number of nitrogens with zero attached hydrogens (tertiary/aromatic N) is 2. The van der Waals surface area contributed by atoms with Gasteiger partial charge < -0.3 is 14.4 Å². The number of ether oxygens (including phenoxy) is 2. The monoisotopic (exact) mass is 360 g/mol. The van der Waals surface area contributed by atoms with Crippen LogP contribution in [0.3, 0.4) is 0 Å². The van der Waals surface area contributed by atoms with Gasteiger partial charge in [-0.3, -0.25) is 4.90 Å². The maximum atomic E-state index is 12.3. The molecule has 1 fully saturated rings. The molecule has 0 aliphatic carbocycles. The Hall–Kier alpha value is -2.08. The van der Waals surface area contributed by atoms with E-state index in [9.17, 15) is 9.59 Å². The number of carbonyl (C=O) groups is 2. The van der Waals surface area contributed by atoms with Crippen LogP contribution in [0.1, 0.15) is 50.0 Å². The highest BCUT2D eigenvalue weighted by atomic mass is 16.6. The summed E-state index contributed by atoms with van der Waals surface area (Å²) in [5, 5.41) is 0. The first-order chi connectivity index (χ1) is 12.2. The fourth-order valence-electron chi connectivity index (χ4n) is 3.62. The molecule has 1 saturated heterocycles. The van der Waals surface area contributed by atoms with Gasteiger partial charge in [0.2, 0.25) is 0 Å². The highest BCUT2D eigenvalue weighted by molar-refractivity contribution is 5.94. The van der Waals surface area contributed by atoms with Crippen molar-refractivity contribution < 1.29 is 19.1 Å². The molecule has 1 unspecified atom stereocenters. The van der Waals surface area contributed by atoms with Crippen molar-refractivity contribution in [2.24, 2.45) is 0 Å². The number of amides is 1. The average Bonchev–Trinajstić information content (AvgIpc) is 2.70. The maximum Gasteiger partial charge on any atom is 0.410 e. The molecule has 1 aromatic rings. The van der Waals surface area contributed by atoms with Crippen LogP contribution in [0.4, 0.5) is 4.79 Å². The van der Waals surface area contributed by atoms with E-state index in [-0.39, 0.29) is 12.1 Å². The first kappa shape index (κ1) is 18.7. The van der Waals surface area contributed by atoms with Gasteiger partial charge in [0.15, 0.2) is 0 Å². The molecule has 0 N–H and O–H groups in total. The van der Waals surface area contributed by atoms with Gasteiger partial charge in [-0.25, -0.2) is 9.59 Å². The van der Waals surface area contributed by atoms with E-state index in [1.165, 1.54) is 0 Å². The Morgan fingerprint density at radius 1 is 1.19 bits per heavy atom. The second-order valence-corrected chi connectivity index (χ2v) is 8.26. The van der Waals surface area contributed by atoms with Crippen molar-refractivity contribution in [1.82, 2.24) is 9.80 Å². The van der Waals surface area contributed by atoms with Crippen LogP contribution in [0.15, 0.2) is 24.3 Å². The highest BCUT2D eigenvalue weighted by Crippen LogP contribution is 2.36. The molecule has 0 radical (unpaired) electrons. The van der Waals surface area contributed by atoms with Crippen molar-refractivity contribution in [3.05, 3.63) is 35.4 Å². The second kappa shape index (κ2) is 6.91. The van der Waals surface area contributed by atoms with Gasteiger partial charge in [0.1, 0.15) is 11.2 Å². The largest absolute Gasteiger partial charge is 0.449 e. The number of benzene rings is 1. The van der Waals surface area contributed by atoms with E-state index in [0.29, 0.717) is 25.2 Å². The van der Waals surface area contributed by atoms with Crippen molar-refractivity contribution in [3.8, 4) is 0 Å². The van der Waals surface area contributed by atoms with Crippen molar-refractivity contribution in [2.45, 2.75) is 45.3 Å². The minimum absolute atomic E-state index is 0.256. The number of carbonyl (C=O) groups excluding carboxylic acids is 2. The van der Waals surface area contributed by atoms with Gasteiger partial charge in [0.05, 0.1) is 5.56 Å². The zero-order valence-corrected chi connectivity index (χ0v) is 16.1. The third-order valence-electron chi connectivity index (χ3n) is 4.80. The van der Waals surface area contributed by atoms with Gasteiger partial charge in [-0.2, -0.15) is 0 Å². The lowest BCUT2D eigenvalue weighted by Gasteiger charge is -2.31.